The predicted molar refractivity (Wildman–Crippen MR) is 124 cm³/mol. The number of carbonyl (C=O) groups excluding carboxylic acids is 2. The van der Waals surface area contributed by atoms with Gasteiger partial charge in [0.15, 0.2) is 0 Å². The molecule has 1 unspecified atom stereocenters. The van der Waals surface area contributed by atoms with Gasteiger partial charge in [-0.2, -0.15) is 0 Å². The number of nitrogens with zero attached hydrogens (tertiary/aromatic N) is 1. The molecule has 2 atom stereocenters. The van der Waals surface area contributed by atoms with Crippen molar-refractivity contribution in [2.24, 2.45) is 5.92 Å². The van der Waals surface area contributed by atoms with Gasteiger partial charge in [0.25, 0.3) is 0 Å². The van der Waals surface area contributed by atoms with E-state index in [0.717, 1.165) is 28.7 Å². The lowest BCUT2D eigenvalue weighted by Crippen LogP contribution is -2.46. The van der Waals surface area contributed by atoms with Gasteiger partial charge in [0, 0.05) is 19.0 Å². The minimum Gasteiger partial charge on any atom is -0.480 e. The van der Waals surface area contributed by atoms with Gasteiger partial charge in [-0.15, -0.1) is 0 Å². The third-order valence-corrected chi connectivity index (χ3v) is 6.64. The maximum Gasteiger partial charge on any atom is 0.407 e. The van der Waals surface area contributed by atoms with Gasteiger partial charge < -0.3 is 20.1 Å². The van der Waals surface area contributed by atoms with Crippen molar-refractivity contribution in [2.45, 2.75) is 44.6 Å². The van der Waals surface area contributed by atoms with Crippen LogP contribution in [0.1, 0.15) is 49.7 Å². The molecule has 1 heterocycles. The molecule has 1 aliphatic heterocycles. The first kappa shape index (κ1) is 22.8. The molecule has 7 heteroatoms. The molecule has 7 nitrogen and oxygen atoms in total. The molecule has 0 aromatic heterocycles. The van der Waals surface area contributed by atoms with Crippen LogP contribution < -0.4 is 5.32 Å². The monoisotopic (exact) mass is 450 g/mol. The average molecular weight is 451 g/mol. The molecule has 1 fully saturated rings. The van der Waals surface area contributed by atoms with Crippen LogP contribution in [0.15, 0.2) is 48.5 Å². The van der Waals surface area contributed by atoms with Gasteiger partial charge in [-0.05, 0) is 41.5 Å². The second kappa shape index (κ2) is 10.1. The summed E-state index contributed by atoms with van der Waals surface area (Å²) in [6.45, 7) is 2.75. The first-order valence-electron chi connectivity index (χ1n) is 11.6. The summed E-state index contributed by atoms with van der Waals surface area (Å²) in [6, 6.07) is 15.5. The van der Waals surface area contributed by atoms with E-state index in [-0.39, 0.29) is 25.0 Å². The SMILES string of the molecule is CCCC(CNC(=O)OCC1c2ccccc2-c2ccccc21)C(=O)N1CCC[C@H]1C(=O)O. The molecular weight excluding hydrogens is 420 g/mol. The Labute approximate surface area is 193 Å². The van der Waals surface area contributed by atoms with Crippen molar-refractivity contribution in [1.82, 2.24) is 10.2 Å². The molecule has 1 saturated heterocycles. The fourth-order valence-corrected chi connectivity index (χ4v) is 5.04. The lowest BCUT2D eigenvalue weighted by atomic mass is 9.98. The van der Waals surface area contributed by atoms with Crippen LogP contribution in [0, 0.1) is 5.92 Å². The number of likely N-dealkylation sites (tertiary alicyclic amines) is 1. The number of fused-ring (bicyclic) bond motifs is 3. The number of aliphatic carboxylic acids is 1. The van der Waals surface area contributed by atoms with Crippen LogP contribution in [-0.4, -0.2) is 53.7 Å². The minimum absolute atomic E-state index is 0.0304. The van der Waals surface area contributed by atoms with Gasteiger partial charge in [-0.25, -0.2) is 9.59 Å². The Morgan fingerprint density at radius 1 is 1.09 bits per heavy atom. The number of carboxylic acids is 1. The van der Waals surface area contributed by atoms with Crippen molar-refractivity contribution in [3.63, 3.8) is 0 Å². The third kappa shape index (κ3) is 4.72. The summed E-state index contributed by atoms with van der Waals surface area (Å²) in [5.41, 5.74) is 4.60. The van der Waals surface area contributed by atoms with Gasteiger partial charge in [0.1, 0.15) is 12.6 Å². The number of carbonyl (C=O) groups is 3. The summed E-state index contributed by atoms with van der Waals surface area (Å²) in [7, 11) is 0. The van der Waals surface area contributed by atoms with E-state index in [9.17, 15) is 19.5 Å². The van der Waals surface area contributed by atoms with Crippen molar-refractivity contribution >= 4 is 18.0 Å². The van der Waals surface area contributed by atoms with Gasteiger partial charge in [-0.3, -0.25) is 4.79 Å². The van der Waals surface area contributed by atoms with Crippen molar-refractivity contribution < 1.29 is 24.2 Å². The number of ether oxygens (including phenoxy) is 1. The van der Waals surface area contributed by atoms with E-state index < -0.39 is 24.0 Å². The van der Waals surface area contributed by atoms with Crippen molar-refractivity contribution in [1.29, 1.82) is 0 Å². The smallest absolute Gasteiger partial charge is 0.407 e. The molecule has 0 saturated carbocycles. The molecule has 2 aromatic carbocycles. The number of alkyl carbamates (subject to hydrolysis) is 1. The Hall–Kier alpha value is -3.35. The molecule has 2 aliphatic rings. The summed E-state index contributed by atoms with van der Waals surface area (Å²) in [4.78, 5) is 38.4. The van der Waals surface area contributed by atoms with Crippen LogP contribution in [-0.2, 0) is 14.3 Å². The van der Waals surface area contributed by atoms with E-state index in [2.05, 4.69) is 29.6 Å². The van der Waals surface area contributed by atoms with E-state index in [1.54, 1.807) is 0 Å². The summed E-state index contributed by atoms with van der Waals surface area (Å²) < 4.78 is 5.56. The molecule has 2 aromatic rings. The van der Waals surface area contributed by atoms with Gasteiger partial charge >= 0.3 is 12.1 Å². The number of rotatable bonds is 8. The fraction of sp³-hybridized carbons (Fsp3) is 0.423. The highest BCUT2D eigenvalue weighted by molar-refractivity contribution is 5.86. The molecule has 174 valence electrons. The summed E-state index contributed by atoms with van der Waals surface area (Å²) in [5.74, 6) is -1.67. The van der Waals surface area contributed by atoms with Crippen molar-refractivity contribution in [2.75, 3.05) is 19.7 Å². The highest BCUT2D eigenvalue weighted by atomic mass is 16.5. The summed E-state index contributed by atoms with van der Waals surface area (Å²) in [6.07, 6.45) is 1.92. The molecule has 1 aliphatic carbocycles. The molecule has 2 amide bonds. The number of hydrogen-bond acceptors (Lipinski definition) is 4. The third-order valence-electron chi connectivity index (χ3n) is 6.64. The fourth-order valence-electron chi connectivity index (χ4n) is 5.04. The Morgan fingerprint density at radius 3 is 2.33 bits per heavy atom. The molecular formula is C26H30N2O5. The average Bonchev–Trinajstić information content (AvgIpc) is 3.43. The van der Waals surface area contributed by atoms with E-state index >= 15 is 0 Å². The van der Waals surface area contributed by atoms with Gasteiger partial charge in [-0.1, -0.05) is 61.9 Å². The van der Waals surface area contributed by atoms with Crippen LogP contribution in [0.4, 0.5) is 4.79 Å². The van der Waals surface area contributed by atoms with E-state index in [0.29, 0.717) is 25.8 Å². The Bertz CT molecular complexity index is 991. The zero-order valence-corrected chi connectivity index (χ0v) is 18.8. The highest BCUT2D eigenvalue weighted by Gasteiger charge is 2.37. The molecule has 0 bridgehead atoms. The number of nitrogens with one attached hydrogen (secondary N) is 1. The minimum atomic E-state index is -0.972. The maximum atomic E-state index is 13.0. The number of carboxylic acid groups (broad SMARTS) is 1. The zero-order chi connectivity index (χ0) is 23.4. The largest absolute Gasteiger partial charge is 0.480 e. The first-order chi connectivity index (χ1) is 16.0. The zero-order valence-electron chi connectivity index (χ0n) is 18.8. The summed E-state index contributed by atoms with van der Waals surface area (Å²) in [5, 5.41) is 12.1. The topological polar surface area (TPSA) is 95.9 Å². The second-order valence-electron chi connectivity index (χ2n) is 8.72. The Kier molecular flexibility index (Phi) is 6.96. The maximum absolute atomic E-state index is 13.0. The second-order valence-corrected chi connectivity index (χ2v) is 8.72. The molecule has 4 rings (SSSR count). The number of amides is 2. The van der Waals surface area contributed by atoms with Crippen LogP contribution in [0.5, 0.6) is 0 Å². The van der Waals surface area contributed by atoms with Gasteiger partial charge in [0.05, 0.1) is 5.92 Å². The lowest BCUT2D eigenvalue weighted by Gasteiger charge is -2.26. The van der Waals surface area contributed by atoms with E-state index in [1.807, 2.05) is 31.2 Å². The standard InChI is InChI=1S/C26H30N2O5/c1-2-8-17(24(29)28-14-7-13-23(28)25(30)31)15-27-26(32)33-16-22-20-11-5-3-9-18(20)19-10-4-6-12-21(19)22/h3-6,9-12,17,22-23H,2,7-8,13-16H2,1H3,(H,27,32)(H,30,31)/t17?,23-/m0/s1. The first-order valence-corrected chi connectivity index (χ1v) is 11.6. The lowest BCUT2D eigenvalue weighted by molar-refractivity contribution is -0.150. The van der Waals surface area contributed by atoms with Crippen molar-refractivity contribution in [3.05, 3.63) is 59.7 Å². The van der Waals surface area contributed by atoms with Crippen LogP contribution in [0.2, 0.25) is 0 Å². The Balaban J connectivity index is 1.36. The molecule has 0 radical (unpaired) electrons. The van der Waals surface area contributed by atoms with E-state index in [4.69, 9.17) is 4.74 Å². The molecule has 0 spiro atoms. The Morgan fingerprint density at radius 2 is 1.73 bits per heavy atom. The molecule has 33 heavy (non-hydrogen) atoms. The highest BCUT2D eigenvalue weighted by Crippen LogP contribution is 2.44. The van der Waals surface area contributed by atoms with E-state index in [1.165, 1.54) is 4.90 Å². The van der Waals surface area contributed by atoms with Crippen LogP contribution >= 0.6 is 0 Å². The van der Waals surface area contributed by atoms with Crippen molar-refractivity contribution in [3.8, 4) is 11.1 Å². The van der Waals surface area contributed by atoms with Crippen LogP contribution in [0.3, 0.4) is 0 Å². The van der Waals surface area contributed by atoms with Crippen LogP contribution in [0.25, 0.3) is 11.1 Å². The normalized spacial score (nSPS) is 17.8. The number of hydrogen-bond donors (Lipinski definition) is 2. The number of benzene rings is 2. The summed E-state index contributed by atoms with van der Waals surface area (Å²) >= 11 is 0. The quantitative estimate of drug-likeness (QED) is 0.633. The van der Waals surface area contributed by atoms with Gasteiger partial charge in [0.2, 0.25) is 5.91 Å². The molecule has 2 N–H and O–H groups in total. The predicted octanol–water partition coefficient (Wildman–Crippen LogP) is 4.02.